The Morgan fingerprint density at radius 3 is 2.61 bits per heavy atom. The monoisotopic (exact) mass is 579 g/mol. The third kappa shape index (κ3) is 6.91. The Bertz CT molecular complexity index is 1370. The largest absolute Gasteiger partial charge is 0.354 e. The normalized spacial score (nSPS) is 15.2. The van der Waals surface area contributed by atoms with Crippen molar-refractivity contribution in [2.45, 2.75) is 49.5 Å². The maximum atomic E-state index is 13.3. The summed E-state index contributed by atoms with van der Waals surface area (Å²) in [5, 5.41) is 6.59. The van der Waals surface area contributed by atoms with Crippen LogP contribution in [0.1, 0.15) is 48.2 Å². The maximum absolute atomic E-state index is 13.3. The Balaban J connectivity index is 1.34. The van der Waals surface area contributed by atoms with Gasteiger partial charge < -0.3 is 10.6 Å². The molecular weight excluding hydrogens is 549 g/mol. The van der Waals surface area contributed by atoms with E-state index in [-0.39, 0.29) is 34.8 Å². The predicted octanol–water partition coefficient (Wildman–Crippen LogP) is 5.20. The van der Waals surface area contributed by atoms with Gasteiger partial charge in [0.05, 0.1) is 9.90 Å². The number of carbonyl (C=O) groups excluding carboxylic acids is 2. The van der Waals surface area contributed by atoms with E-state index < -0.39 is 21.9 Å². The van der Waals surface area contributed by atoms with Gasteiger partial charge in [-0.1, -0.05) is 55.5 Å². The molecule has 7 nitrogen and oxygen atoms in total. The highest BCUT2D eigenvalue weighted by molar-refractivity contribution is 7.89. The lowest BCUT2D eigenvalue weighted by Gasteiger charge is -2.22. The third-order valence-corrected chi connectivity index (χ3v) is 10.3. The number of benzene rings is 2. The molecule has 38 heavy (non-hydrogen) atoms. The molecule has 0 bridgehead atoms. The number of carbonyl (C=O) groups is 2. The van der Waals surface area contributed by atoms with Crippen LogP contribution in [0.25, 0.3) is 10.1 Å². The van der Waals surface area contributed by atoms with E-state index in [1.165, 1.54) is 18.4 Å². The molecule has 11 heteroatoms. The van der Waals surface area contributed by atoms with Gasteiger partial charge in [-0.05, 0) is 54.5 Å². The highest BCUT2D eigenvalue weighted by Crippen LogP contribution is 2.30. The van der Waals surface area contributed by atoms with Crippen molar-refractivity contribution in [3.05, 3.63) is 64.2 Å². The fourth-order valence-electron chi connectivity index (χ4n) is 4.74. The van der Waals surface area contributed by atoms with E-state index >= 15 is 0 Å². The number of halogens is 2. The van der Waals surface area contributed by atoms with E-state index in [0.717, 1.165) is 58.3 Å². The van der Waals surface area contributed by atoms with Gasteiger partial charge >= 0.3 is 0 Å². The number of sulfonamides is 1. The van der Waals surface area contributed by atoms with E-state index in [4.69, 9.17) is 11.6 Å². The molecule has 2 N–H and O–H groups in total. The van der Waals surface area contributed by atoms with Crippen LogP contribution in [0, 0.1) is 11.7 Å². The molecule has 1 heterocycles. The zero-order chi connectivity index (χ0) is 27.3. The molecule has 0 saturated heterocycles. The summed E-state index contributed by atoms with van der Waals surface area (Å²) in [5.41, 5.74) is 0. The molecule has 1 atom stereocenters. The lowest BCUT2D eigenvalue weighted by molar-refractivity contribution is -0.123. The second-order valence-electron chi connectivity index (χ2n) is 9.61. The molecule has 3 aromatic rings. The molecule has 0 unspecified atom stereocenters. The summed E-state index contributed by atoms with van der Waals surface area (Å²) in [6.07, 6.45) is 5.25. The van der Waals surface area contributed by atoms with Gasteiger partial charge in [0.2, 0.25) is 15.9 Å². The molecule has 0 radical (unpaired) electrons. The van der Waals surface area contributed by atoms with E-state index in [1.807, 2.05) is 30.3 Å². The van der Waals surface area contributed by atoms with E-state index in [9.17, 15) is 22.4 Å². The van der Waals surface area contributed by atoms with Crippen LogP contribution in [0.2, 0.25) is 5.02 Å². The molecule has 0 aliphatic heterocycles. The van der Waals surface area contributed by atoms with Gasteiger partial charge in [0.25, 0.3) is 5.91 Å². The van der Waals surface area contributed by atoms with Crippen LogP contribution in [0.4, 0.5) is 4.39 Å². The Kier molecular flexibility index (Phi) is 9.40. The number of hydrogen-bond acceptors (Lipinski definition) is 5. The number of nitrogens with one attached hydrogen (secondary N) is 2. The summed E-state index contributed by atoms with van der Waals surface area (Å²) in [6, 6.07) is 12.1. The van der Waals surface area contributed by atoms with Gasteiger partial charge in [0, 0.05) is 24.8 Å². The molecule has 1 fully saturated rings. The molecular formula is C27H31ClFN3O4S2. The first-order valence-electron chi connectivity index (χ1n) is 12.6. The molecule has 2 aromatic carbocycles. The molecule has 2 amide bonds. The Labute approximate surface area is 231 Å². The Morgan fingerprint density at radius 2 is 1.89 bits per heavy atom. The molecule has 4 rings (SSSR count). The molecule has 1 aromatic heterocycles. The van der Waals surface area contributed by atoms with Crippen molar-refractivity contribution in [3.8, 4) is 0 Å². The molecule has 1 saturated carbocycles. The van der Waals surface area contributed by atoms with Crippen LogP contribution < -0.4 is 10.6 Å². The number of fused-ring (bicyclic) bond motifs is 1. The van der Waals surface area contributed by atoms with Crippen molar-refractivity contribution in [3.63, 3.8) is 0 Å². The molecule has 204 valence electrons. The van der Waals surface area contributed by atoms with Crippen molar-refractivity contribution in [2.24, 2.45) is 5.92 Å². The molecule has 1 aliphatic carbocycles. The fourth-order valence-corrected chi connectivity index (χ4v) is 7.42. The lowest BCUT2D eigenvalue weighted by Crippen LogP contribution is -2.48. The van der Waals surface area contributed by atoms with Crippen LogP contribution in [-0.4, -0.2) is 50.7 Å². The van der Waals surface area contributed by atoms with Gasteiger partial charge in [-0.25, -0.2) is 17.1 Å². The summed E-state index contributed by atoms with van der Waals surface area (Å²) in [5.74, 6) is -0.791. The van der Waals surface area contributed by atoms with Crippen LogP contribution >= 0.6 is 22.9 Å². The smallest absolute Gasteiger partial charge is 0.262 e. The lowest BCUT2D eigenvalue weighted by atomic mass is 9.97. The van der Waals surface area contributed by atoms with E-state index in [0.29, 0.717) is 23.6 Å². The quantitative estimate of drug-likeness (QED) is 0.305. The van der Waals surface area contributed by atoms with E-state index in [1.54, 1.807) is 0 Å². The van der Waals surface area contributed by atoms with Crippen molar-refractivity contribution in [1.29, 1.82) is 0 Å². The number of amides is 2. The third-order valence-electron chi connectivity index (χ3n) is 6.85. The molecule has 0 spiro atoms. The number of hydrogen-bond donors (Lipinski definition) is 2. The van der Waals surface area contributed by atoms with Crippen molar-refractivity contribution >= 4 is 54.9 Å². The van der Waals surface area contributed by atoms with Crippen molar-refractivity contribution in [1.82, 2.24) is 14.9 Å². The van der Waals surface area contributed by atoms with Crippen LogP contribution in [0.5, 0.6) is 0 Å². The highest BCUT2D eigenvalue weighted by Gasteiger charge is 2.28. The average Bonchev–Trinajstić information content (AvgIpc) is 3.55. The summed E-state index contributed by atoms with van der Waals surface area (Å²) < 4.78 is 41.1. The van der Waals surface area contributed by atoms with Crippen molar-refractivity contribution in [2.75, 3.05) is 20.1 Å². The van der Waals surface area contributed by atoms with Gasteiger partial charge in [-0.3, -0.25) is 9.59 Å². The standard InChI is InChI=1S/C27H31ClFN3O4S2/c1-32(38(35,36)25-12-11-20(29)17-21(25)28)14-6-13-30-26(33)22(15-18-7-2-3-8-18)31-27(34)24-16-19-9-4-5-10-23(19)37-24/h4-5,9-12,16-18,22H,2-3,6-8,13-15H2,1H3,(H,30,33)(H,31,34)/t22-/m0/s1. The SMILES string of the molecule is CN(CCCNC(=O)[C@H](CC1CCCC1)NC(=O)c1cc2ccccc2s1)S(=O)(=O)c1ccc(F)cc1Cl. The topological polar surface area (TPSA) is 95.6 Å². The predicted molar refractivity (Wildman–Crippen MR) is 149 cm³/mol. The number of rotatable bonds is 11. The Hall–Kier alpha value is -2.53. The second kappa shape index (κ2) is 12.5. The molecule has 1 aliphatic rings. The first kappa shape index (κ1) is 28.5. The summed E-state index contributed by atoms with van der Waals surface area (Å²) in [6.45, 7) is 0.355. The summed E-state index contributed by atoms with van der Waals surface area (Å²) in [7, 11) is -2.50. The minimum absolute atomic E-state index is 0.123. The minimum atomic E-state index is -3.91. The first-order chi connectivity index (χ1) is 18.1. The Morgan fingerprint density at radius 1 is 1.16 bits per heavy atom. The fraction of sp³-hybridized carbons (Fsp3) is 0.407. The average molecular weight is 580 g/mol. The van der Waals surface area contributed by atoms with Crippen LogP contribution in [-0.2, 0) is 14.8 Å². The van der Waals surface area contributed by atoms with Crippen LogP contribution in [0.15, 0.2) is 53.4 Å². The van der Waals surface area contributed by atoms with E-state index in [2.05, 4.69) is 10.6 Å². The zero-order valence-electron chi connectivity index (χ0n) is 21.1. The van der Waals surface area contributed by atoms with Crippen LogP contribution in [0.3, 0.4) is 0 Å². The second-order valence-corrected chi connectivity index (χ2v) is 13.1. The summed E-state index contributed by atoms with van der Waals surface area (Å²) >= 11 is 7.33. The number of thiophene rings is 1. The highest BCUT2D eigenvalue weighted by atomic mass is 35.5. The van der Waals surface area contributed by atoms with Gasteiger partial charge in [-0.15, -0.1) is 11.3 Å². The first-order valence-corrected chi connectivity index (χ1v) is 15.3. The maximum Gasteiger partial charge on any atom is 0.262 e. The summed E-state index contributed by atoms with van der Waals surface area (Å²) in [4.78, 5) is 26.5. The minimum Gasteiger partial charge on any atom is -0.354 e. The van der Waals surface area contributed by atoms with Gasteiger partial charge in [0.15, 0.2) is 0 Å². The van der Waals surface area contributed by atoms with Gasteiger partial charge in [-0.2, -0.15) is 0 Å². The van der Waals surface area contributed by atoms with Gasteiger partial charge in [0.1, 0.15) is 16.8 Å². The number of nitrogens with zero attached hydrogens (tertiary/aromatic N) is 1. The zero-order valence-corrected chi connectivity index (χ0v) is 23.5. The van der Waals surface area contributed by atoms with Crippen molar-refractivity contribution < 1.29 is 22.4 Å².